The van der Waals surface area contributed by atoms with Crippen molar-refractivity contribution in [1.29, 1.82) is 0 Å². The van der Waals surface area contributed by atoms with Gasteiger partial charge in [-0.25, -0.2) is 4.39 Å². The van der Waals surface area contributed by atoms with E-state index in [9.17, 15) is 71.8 Å². The van der Waals surface area contributed by atoms with Crippen LogP contribution in [0.1, 0.15) is 63.0 Å². The van der Waals surface area contributed by atoms with Crippen molar-refractivity contribution in [2.45, 2.75) is 101 Å². The molecule has 2 aliphatic rings. The van der Waals surface area contributed by atoms with Crippen LogP contribution in [0.4, 0.5) is 4.39 Å². The lowest BCUT2D eigenvalue weighted by atomic mass is 10.0. The molecule has 0 aliphatic carbocycles. The smallest absolute Gasteiger partial charge is 0.305 e. The van der Waals surface area contributed by atoms with Crippen LogP contribution in [-0.4, -0.2) is 252 Å². The van der Waals surface area contributed by atoms with Gasteiger partial charge < -0.3 is 105 Å². The van der Waals surface area contributed by atoms with Crippen LogP contribution < -0.4 is 75.7 Å². The molecule has 0 aromatic heterocycles. The van der Waals surface area contributed by atoms with Gasteiger partial charge in [-0.1, -0.05) is 76.1 Å². The summed E-state index contributed by atoms with van der Waals surface area (Å²) in [5.74, 6) is -12.9. The second-order valence-electron chi connectivity index (χ2n) is 21.8. The molecule has 12 amide bonds. The number of primary amides is 1. The number of carboxylic acid groups (broad SMARTS) is 1. The first-order valence-corrected chi connectivity index (χ1v) is 35.4. The van der Waals surface area contributed by atoms with Crippen molar-refractivity contribution in [1.82, 2.24) is 58.5 Å². The molecule has 2 aliphatic heterocycles. The number of aliphatic imine (C=N–C) groups is 1. The molecule has 0 spiro atoms. The molecule has 39 heteroatoms. The summed E-state index contributed by atoms with van der Waals surface area (Å²) in [5, 5.41) is 41.8. The Kier molecular flexibility index (Phi) is 43.0. The lowest BCUT2D eigenvalue weighted by Gasteiger charge is -2.27. The molecule has 554 valence electrons. The Bertz CT molecular complexity index is 3020. The van der Waals surface area contributed by atoms with Crippen molar-refractivity contribution >= 4 is 122 Å². The van der Waals surface area contributed by atoms with Crippen LogP contribution in [0.2, 0.25) is 0 Å². The van der Waals surface area contributed by atoms with Crippen molar-refractivity contribution < 1.29 is 95.6 Å². The highest BCUT2D eigenvalue weighted by Gasteiger charge is 2.35. The van der Waals surface area contributed by atoms with Crippen LogP contribution in [0.3, 0.4) is 0 Å². The van der Waals surface area contributed by atoms with Gasteiger partial charge >= 0.3 is 5.97 Å². The van der Waals surface area contributed by atoms with Crippen molar-refractivity contribution in [3.8, 4) is 0 Å². The van der Waals surface area contributed by atoms with E-state index in [2.05, 4.69) is 68.6 Å². The van der Waals surface area contributed by atoms with Gasteiger partial charge in [0.05, 0.1) is 51.4 Å². The number of nitrogens with zero attached hydrogens (tertiary/aromatic N) is 2. The summed E-state index contributed by atoms with van der Waals surface area (Å²) in [4.78, 5) is 181. The standard InChI is InChI=1S/C52H73FN14O15S3.C9H18N2O4/c1-80-20-21-81-19-18-57-46(74)38-27-83-30-43(70)61-35(10-5-6-16-56-42(69)26-82-60-24-32-12-14-33(53)15-13-32)47(75)66-39-28-84-85-29-40(51(79)64-36(48(76)65-38)22-31-8-3-2-4-9-31)67-49(77)37(23-44(71)72)62-41(68)25-59-45(73)34(63-50(39)78)11-7-17-58-52(54)55;1-2-4-14-5-3-11-9(13)7-15-6-8(10)12/h2-4,8-9,12-15,24,34-40H,5-7,10-11,16-23,25-30H2,1H3,(H,56,69)(H,57,74)(H,59,73)(H,61,70)(H,62,68)(H,63,78)(H,64,79)(H,65,76)(H,66,75)(H,67,77)(H,71,72)(H4,54,55,58);2-7H2,1H3,(H2,10,12)(H,11,13)/b60-24+;/t34-,35-,36-,37-,38-,39-,40-;/m0./s1. The molecule has 2 fully saturated rings. The Morgan fingerprint density at radius 1 is 0.620 bits per heavy atom. The summed E-state index contributed by atoms with van der Waals surface area (Å²) in [5.41, 5.74) is 16.9. The number of nitrogens with two attached hydrogens (primary N) is 3. The zero-order valence-corrected chi connectivity index (χ0v) is 58.0. The Labute approximate surface area is 589 Å². The Hall–Kier alpha value is -8.89. The zero-order valence-electron chi connectivity index (χ0n) is 55.5. The van der Waals surface area contributed by atoms with Gasteiger partial charge in [0, 0.05) is 63.6 Å². The van der Waals surface area contributed by atoms with E-state index < -0.39 is 139 Å². The molecule has 0 saturated carbocycles. The molecule has 2 saturated heterocycles. The summed E-state index contributed by atoms with van der Waals surface area (Å²) in [7, 11) is 3.33. The highest BCUT2D eigenvalue weighted by Crippen LogP contribution is 2.24. The molecule has 100 heavy (non-hydrogen) atoms. The molecule has 2 bridgehead atoms. The summed E-state index contributed by atoms with van der Waals surface area (Å²) < 4.78 is 33.6. The number of hydrogen-bond donors (Lipinski definition) is 15. The quantitative estimate of drug-likeness (QED) is 0.0106. The molecule has 0 radical (unpaired) electrons. The van der Waals surface area contributed by atoms with Gasteiger partial charge in [0.25, 0.3) is 5.91 Å². The number of ether oxygens (including phenoxy) is 4. The monoisotopic (exact) mass is 1470 g/mol. The number of hydrogen-bond acceptors (Lipinski definition) is 23. The summed E-state index contributed by atoms with van der Waals surface area (Å²) in [6, 6.07) is 3.44. The van der Waals surface area contributed by atoms with E-state index in [1.807, 2.05) is 6.92 Å². The first kappa shape index (κ1) is 85.3. The first-order valence-electron chi connectivity index (χ1n) is 31.7. The van der Waals surface area contributed by atoms with E-state index in [0.717, 1.165) is 39.8 Å². The SMILES string of the molecule is CCCOCCNC(=O)COCC(N)=O.COCCOCCNC(=O)[C@@H]1CSCC(=O)N[C@@H](CCCCNC(=O)CO/N=C/c2ccc(F)cc2)C(=O)N[C@H]2CSSC[C@H](NC(=O)[C@H](CC(=O)O)NC(=O)CNC(=O)[C@H](CCCN=C(N)N)NC2=O)C(=O)N[C@@H](Cc2ccccc2)C(=O)N1. The number of thioether (sulfide) groups is 1. The number of guanidine groups is 1. The number of methoxy groups -OCH3 is 1. The van der Waals surface area contributed by atoms with Gasteiger partial charge in [-0.05, 0) is 61.8 Å². The van der Waals surface area contributed by atoms with Gasteiger partial charge in [0.2, 0.25) is 65.0 Å². The van der Waals surface area contributed by atoms with E-state index in [1.165, 1.54) is 37.6 Å². The molecular formula is C61H91FN16O19S3. The Balaban J connectivity index is 0.00000154. The van der Waals surface area contributed by atoms with E-state index >= 15 is 0 Å². The van der Waals surface area contributed by atoms with Crippen molar-refractivity contribution in [3.05, 3.63) is 71.5 Å². The number of carboxylic acids is 1. The average Bonchev–Trinajstić information content (AvgIpc) is 0.988. The third-order valence-electron chi connectivity index (χ3n) is 13.5. The molecule has 2 heterocycles. The third kappa shape index (κ3) is 38.5. The maximum atomic E-state index is 14.5. The predicted molar refractivity (Wildman–Crippen MR) is 368 cm³/mol. The molecule has 2 aromatic carbocycles. The normalized spacial score (nSPS) is 20.0. The number of oxime groups is 1. The van der Waals surface area contributed by atoms with Gasteiger partial charge in [0.15, 0.2) is 12.6 Å². The van der Waals surface area contributed by atoms with Gasteiger partial charge in [-0.15, -0.1) is 11.8 Å². The largest absolute Gasteiger partial charge is 0.481 e. The summed E-state index contributed by atoms with van der Waals surface area (Å²) >= 11 is 0.911. The highest BCUT2D eigenvalue weighted by molar-refractivity contribution is 8.76. The maximum absolute atomic E-state index is 14.5. The van der Waals surface area contributed by atoms with E-state index in [1.54, 1.807) is 30.3 Å². The minimum atomic E-state index is -1.81. The maximum Gasteiger partial charge on any atom is 0.305 e. The minimum Gasteiger partial charge on any atom is -0.481 e. The zero-order chi connectivity index (χ0) is 73.5. The second-order valence-corrected chi connectivity index (χ2v) is 25.4. The van der Waals surface area contributed by atoms with Crippen LogP contribution in [0.15, 0.2) is 64.7 Å². The number of benzene rings is 2. The number of amides is 12. The predicted octanol–water partition coefficient (Wildman–Crippen LogP) is -4.30. The van der Waals surface area contributed by atoms with Crippen LogP contribution in [-0.2, 0) is 92.5 Å². The van der Waals surface area contributed by atoms with Crippen LogP contribution in [0, 0.1) is 5.82 Å². The van der Waals surface area contributed by atoms with E-state index in [-0.39, 0.29) is 126 Å². The first-order chi connectivity index (χ1) is 48.0. The topological polar surface area (TPSA) is 523 Å². The number of rotatable bonds is 33. The lowest BCUT2D eigenvalue weighted by Crippen LogP contribution is -2.60. The highest BCUT2D eigenvalue weighted by atomic mass is 33.1. The molecule has 0 unspecified atom stereocenters. The molecule has 18 N–H and O–H groups in total. The second kappa shape index (κ2) is 50.4. The molecule has 4 rings (SSSR count). The Morgan fingerprint density at radius 2 is 1.22 bits per heavy atom. The number of aliphatic carboxylic acids is 1. The van der Waals surface area contributed by atoms with Crippen LogP contribution in [0.5, 0.6) is 0 Å². The van der Waals surface area contributed by atoms with Crippen molar-refractivity contribution in [2.24, 2.45) is 27.3 Å². The lowest BCUT2D eigenvalue weighted by molar-refractivity contribution is -0.141. The summed E-state index contributed by atoms with van der Waals surface area (Å²) in [6.45, 7) is 2.63. The van der Waals surface area contributed by atoms with E-state index in [4.69, 9.17) is 41.0 Å². The number of halogens is 1. The van der Waals surface area contributed by atoms with Crippen LogP contribution in [0.25, 0.3) is 0 Å². The average molecular weight is 1470 g/mol. The van der Waals surface area contributed by atoms with Gasteiger partial charge in [-0.3, -0.25) is 67.3 Å². The molecular weight excluding hydrogens is 1380 g/mol. The van der Waals surface area contributed by atoms with E-state index in [0.29, 0.717) is 30.9 Å². The van der Waals surface area contributed by atoms with Gasteiger partial charge in [-0.2, -0.15) is 0 Å². The minimum absolute atomic E-state index is 0.00178. The molecule has 2 aromatic rings. The fourth-order valence-corrected chi connectivity index (χ4v) is 11.8. The number of fused-ring (bicyclic) bond motifs is 5. The molecule has 7 atom stereocenters. The number of carbonyl (C=O) groups is 13. The third-order valence-corrected chi connectivity index (χ3v) is 17.0. The summed E-state index contributed by atoms with van der Waals surface area (Å²) in [6.07, 6.45) is 1.55. The van der Waals surface area contributed by atoms with Crippen LogP contribution >= 0.6 is 33.3 Å². The van der Waals surface area contributed by atoms with Crippen molar-refractivity contribution in [2.75, 3.05) is 116 Å². The number of carbonyl (C=O) groups excluding carboxylic acids is 12. The number of unbranched alkanes of at least 4 members (excludes halogenated alkanes) is 1. The fraction of sp³-hybridized carbons (Fsp3) is 0.557. The number of nitrogens with one attached hydrogen (secondary N) is 11. The van der Waals surface area contributed by atoms with Gasteiger partial charge in [0.1, 0.15) is 61.3 Å². The van der Waals surface area contributed by atoms with Crippen molar-refractivity contribution in [3.63, 3.8) is 0 Å². The fourth-order valence-electron chi connectivity index (χ4n) is 8.58. The molecule has 35 nitrogen and oxygen atoms in total. The Morgan fingerprint density at radius 3 is 1.87 bits per heavy atom.